The van der Waals surface area contributed by atoms with Crippen LogP contribution in [-0.2, 0) is 43.9 Å². The van der Waals surface area contributed by atoms with E-state index in [0.29, 0.717) is 19.3 Å². The molecule has 0 saturated heterocycles. The van der Waals surface area contributed by atoms with Crippen LogP contribution in [-0.4, -0.2) is 44.4 Å². The number of benzene rings is 2. The van der Waals surface area contributed by atoms with E-state index < -0.39 is 40.3 Å². The molecule has 0 radical (unpaired) electrons. The fraction of sp³-hybridized carbons (Fsp3) is 0.472. The third-order valence-corrected chi connectivity index (χ3v) is 8.05. The molecule has 2 heterocycles. The van der Waals surface area contributed by atoms with E-state index in [0.717, 1.165) is 27.6 Å². The molecule has 2 aromatic heterocycles. The maximum absolute atomic E-state index is 14.5. The first-order valence-electron chi connectivity index (χ1n) is 15.9. The number of nitrogens with zero attached hydrogens (tertiary/aromatic N) is 2. The largest absolute Gasteiger partial charge is 0.460 e. The van der Waals surface area contributed by atoms with E-state index in [1.54, 1.807) is 34.6 Å². The van der Waals surface area contributed by atoms with Crippen molar-refractivity contribution in [2.75, 3.05) is 0 Å². The number of alkyl carbamates (subject to hydrolysis) is 1. The van der Waals surface area contributed by atoms with E-state index in [1.165, 1.54) is 0 Å². The molecule has 4 aromatic rings. The van der Waals surface area contributed by atoms with Crippen LogP contribution in [0, 0.1) is 5.41 Å². The maximum atomic E-state index is 14.5. The molecule has 0 spiro atoms. The average Bonchev–Trinajstić information content (AvgIpc) is 3.68. The van der Waals surface area contributed by atoms with Gasteiger partial charge in [0.1, 0.15) is 22.8 Å². The van der Waals surface area contributed by atoms with E-state index >= 15 is 0 Å². The third kappa shape index (κ3) is 8.01. The Bertz CT molecular complexity index is 1750. The minimum atomic E-state index is -1.08. The lowest BCUT2D eigenvalue weighted by Gasteiger charge is -2.30. The first kappa shape index (κ1) is 33.7. The zero-order chi connectivity index (χ0) is 34.2. The zero-order valence-corrected chi connectivity index (χ0v) is 28.4. The van der Waals surface area contributed by atoms with Crippen LogP contribution < -0.4 is 10.6 Å². The molecule has 2 amide bonds. The van der Waals surface area contributed by atoms with Crippen LogP contribution in [0.25, 0.3) is 10.9 Å². The monoisotopic (exact) mass is 643 g/mol. The second-order valence-electron chi connectivity index (χ2n) is 15.0. The fourth-order valence-corrected chi connectivity index (χ4v) is 5.99. The lowest BCUT2D eigenvalue weighted by molar-refractivity contribution is -0.160. The predicted molar refractivity (Wildman–Crippen MR) is 176 cm³/mol. The highest BCUT2D eigenvalue weighted by Crippen LogP contribution is 2.41. The van der Waals surface area contributed by atoms with Crippen LogP contribution in [0.2, 0.25) is 0 Å². The summed E-state index contributed by atoms with van der Waals surface area (Å²) in [4.78, 5) is 43.6. The Labute approximate surface area is 275 Å². The summed E-state index contributed by atoms with van der Waals surface area (Å²) in [5.74, 6) is -0.437. The SMILES string of the molecule is CC(C)(C)OC(=O)CC1(C(=O)NC(Cc2c[nH]c3ccccc23)c2nnc(C(C)(C)NC(=O)OC(C)(C)C)o2)Cc2ccccc2C1. The van der Waals surface area contributed by atoms with Crippen molar-refractivity contribution in [3.63, 3.8) is 0 Å². The van der Waals surface area contributed by atoms with E-state index in [-0.39, 0.29) is 24.1 Å². The summed E-state index contributed by atoms with van der Waals surface area (Å²) in [5, 5.41) is 15.6. The zero-order valence-electron chi connectivity index (χ0n) is 28.4. The van der Waals surface area contributed by atoms with Crippen molar-refractivity contribution in [1.29, 1.82) is 0 Å². The first-order valence-corrected chi connectivity index (χ1v) is 15.9. The smallest absolute Gasteiger partial charge is 0.408 e. The number of ether oxygens (including phenoxy) is 2. The van der Waals surface area contributed by atoms with Gasteiger partial charge in [-0.25, -0.2) is 4.79 Å². The number of nitrogens with one attached hydrogen (secondary N) is 3. The van der Waals surface area contributed by atoms with E-state index in [4.69, 9.17) is 13.9 Å². The van der Waals surface area contributed by atoms with Crippen LogP contribution in [0.15, 0.2) is 59.1 Å². The maximum Gasteiger partial charge on any atom is 0.408 e. The lowest BCUT2D eigenvalue weighted by atomic mass is 9.80. The molecule has 2 aromatic carbocycles. The van der Waals surface area contributed by atoms with Crippen LogP contribution in [0.3, 0.4) is 0 Å². The van der Waals surface area contributed by atoms with Crippen molar-refractivity contribution in [3.8, 4) is 0 Å². The van der Waals surface area contributed by atoms with Gasteiger partial charge in [0.2, 0.25) is 17.7 Å². The summed E-state index contributed by atoms with van der Waals surface area (Å²) in [7, 11) is 0. The predicted octanol–water partition coefficient (Wildman–Crippen LogP) is 6.23. The summed E-state index contributed by atoms with van der Waals surface area (Å²) >= 11 is 0. The Morgan fingerprint density at radius 3 is 2.15 bits per heavy atom. The second kappa shape index (κ2) is 12.5. The van der Waals surface area contributed by atoms with Crippen molar-refractivity contribution < 1.29 is 28.3 Å². The number of aromatic nitrogens is 3. The highest BCUT2D eigenvalue weighted by atomic mass is 16.6. The van der Waals surface area contributed by atoms with Crippen LogP contribution in [0.1, 0.15) is 96.3 Å². The number of esters is 1. The Morgan fingerprint density at radius 2 is 1.51 bits per heavy atom. The third-order valence-electron chi connectivity index (χ3n) is 8.05. The number of para-hydroxylation sites is 1. The molecule has 0 aliphatic heterocycles. The van der Waals surface area contributed by atoms with Crippen molar-refractivity contribution in [2.24, 2.45) is 5.41 Å². The number of aromatic amines is 1. The summed E-state index contributed by atoms with van der Waals surface area (Å²) in [6, 6.07) is 15.0. The number of H-pyrrole nitrogens is 1. The van der Waals surface area contributed by atoms with Gasteiger partial charge in [0, 0.05) is 23.5 Å². The van der Waals surface area contributed by atoms with Crippen LogP contribution in [0.5, 0.6) is 0 Å². The number of hydrogen-bond donors (Lipinski definition) is 3. The summed E-state index contributed by atoms with van der Waals surface area (Å²) in [6.45, 7) is 14.2. The summed E-state index contributed by atoms with van der Waals surface area (Å²) < 4.78 is 17.3. The molecule has 0 saturated carbocycles. The molecular formula is C36H45N5O6. The van der Waals surface area contributed by atoms with Gasteiger partial charge in [0.05, 0.1) is 11.8 Å². The van der Waals surface area contributed by atoms with Gasteiger partial charge >= 0.3 is 12.1 Å². The minimum Gasteiger partial charge on any atom is -0.460 e. The van der Waals surface area contributed by atoms with Gasteiger partial charge in [-0.3, -0.25) is 9.59 Å². The van der Waals surface area contributed by atoms with E-state index in [9.17, 15) is 14.4 Å². The molecule has 1 aliphatic carbocycles. The summed E-state index contributed by atoms with van der Waals surface area (Å²) in [5.41, 5.74) is 0.395. The molecular weight excluding hydrogens is 598 g/mol. The molecule has 1 unspecified atom stereocenters. The van der Waals surface area contributed by atoms with Gasteiger partial charge in [0.15, 0.2) is 0 Å². The lowest BCUT2D eigenvalue weighted by Crippen LogP contribution is -2.46. The average molecular weight is 644 g/mol. The van der Waals surface area contributed by atoms with Crippen molar-refractivity contribution in [3.05, 3.63) is 83.2 Å². The molecule has 0 bridgehead atoms. The molecule has 11 nitrogen and oxygen atoms in total. The quantitative estimate of drug-likeness (QED) is 0.182. The number of rotatable bonds is 9. The molecule has 5 rings (SSSR count). The molecule has 11 heteroatoms. The Kier molecular flexibility index (Phi) is 8.96. The number of carbonyl (C=O) groups is 3. The van der Waals surface area contributed by atoms with Crippen molar-refractivity contribution in [2.45, 2.75) is 104 Å². The number of amides is 2. The van der Waals surface area contributed by atoms with E-state index in [2.05, 4.69) is 25.8 Å². The highest BCUT2D eigenvalue weighted by molar-refractivity contribution is 5.89. The molecule has 0 fully saturated rings. The Morgan fingerprint density at radius 1 is 0.894 bits per heavy atom. The van der Waals surface area contributed by atoms with Gasteiger partial charge in [-0.15, -0.1) is 10.2 Å². The topological polar surface area (TPSA) is 148 Å². The van der Waals surface area contributed by atoms with Crippen LogP contribution >= 0.6 is 0 Å². The van der Waals surface area contributed by atoms with Gasteiger partial charge in [-0.2, -0.15) is 0 Å². The molecule has 1 aliphatic rings. The standard InChI is InChI=1S/C36H45N5O6/c1-33(2,3)46-28(42)20-36(18-22-13-9-10-14-23(22)19-36)30(43)38-27(17-24-21-37-26-16-12-11-15-25(24)26)29-40-41-31(45-29)35(7,8)39-32(44)47-34(4,5)6/h9-16,21,27,37H,17-20H2,1-8H3,(H,38,43)(H,39,44). The van der Waals surface area contributed by atoms with Gasteiger partial charge in [0.25, 0.3) is 0 Å². The molecule has 1 atom stereocenters. The van der Waals surface area contributed by atoms with Crippen molar-refractivity contribution >= 4 is 28.9 Å². The summed E-state index contributed by atoms with van der Waals surface area (Å²) in [6.07, 6.45) is 2.28. The Hall–Kier alpha value is -4.67. The molecule has 250 valence electrons. The van der Waals surface area contributed by atoms with Gasteiger partial charge < -0.3 is 29.5 Å². The number of fused-ring (bicyclic) bond motifs is 2. The minimum absolute atomic E-state index is 0.0908. The normalized spacial score (nSPS) is 15.1. The van der Waals surface area contributed by atoms with Crippen molar-refractivity contribution in [1.82, 2.24) is 25.8 Å². The highest BCUT2D eigenvalue weighted by Gasteiger charge is 2.47. The van der Waals surface area contributed by atoms with E-state index in [1.807, 2.05) is 75.5 Å². The molecule has 3 N–H and O–H groups in total. The Balaban J connectivity index is 1.47. The fourth-order valence-electron chi connectivity index (χ4n) is 5.99. The van der Waals surface area contributed by atoms with Gasteiger partial charge in [-0.1, -0.05) is 42.5 Å². The number of carbonyl (C=O) groups excluding carboxylic acids is 3. The van der Waals surface area contributed by atoms with Gasteiger partial charge in [-0.05, 0) is 91.0 Å². The number of hydrogen-bond acceptors (Lipinski definition) is 8. The second-order valence-corrected chi connectivity index (χ2v) is 15.0. The molecule has 47 heavy (non-hydrogen) atoms. The van der Waals surface area contributed by atoms with Crippen LogP contribution in [0.4, 0.5) is 4.79 Å². The first-order chi connectivity index (χ1) is 21.9.